The molecule has 7 nitrogen and oxygen atoms in total. The molecule has 0 aliphatic carbocycles. The molecule has 0 unspecified atom stereocenters. The zero-order valence-electron chi connectivity index (χ0n) is 17.2. The third-order valence-corrected chi connectivity index (χ3v) is 4.21. The molecule has 0 aliphatic rings. The van der Waals surface area contributed by atoms with Crippen molar-refractivity contribution >= 4 is 34.8 Å². The largest absolute Gasteiger partial charge is 0.494 e. The fourth-order valence-corrected chi connectivity index (χ4v) is 2.73. The standard InChI is InChI=1S/C22H27N3O4S/c1-3-13-29-19-10-8-16(9-11-19)21(27)25-22(30)24-18-7-4-6-17(15-18)20(26)23-12-5-14-28-2/h4,6-11,15H,3,5,12-14H2,1-2H3,(H,23,26)(H2,24,25,27,30). The molecule has 8 heteroatoms. The summed E-state index contributed by atoms with van der Waals surface area (Å²) in [6, 6.07) is 13.7. The molecule has 0 heterocycles. The zero-order valence-corrected chi connectivity index (χ0v) is 18.0. The van der Waals surface area contributed by atoms with Gasteiger partial charge in [0.1, 0.15) is 5.75 Å². The molecule has 0 bridgehead atoms. The number of hydrogen-bond donors (Lipinski definition) is 3. The van der Waals surface area contributed by atoms with Crippen LogP contribution in [-0.2, 0) is 4.74 Å². The average molecular weight is 430 g/mol. The number of methoxy groups -OCH3 is 1. The molecule has 0 saturated carbocycles. The quantitative estimate of drug-likeness (QED) is 0.396. The van der Waals surface area contributed by atoms with Crippen LogP contribution in [0.3, 0.4) is 0 Å². The monoisotopic (exact) mass is 429 g/mol. The predicted molar refractivity (Wildman–Crippen MR) is 121 cm³/mol. The Kier molecular flexibility index (Phi) is 9.76. The van der Waals surface area contributed by atoms with Crippen molar-refractivity contribution in [1.29, 1.82) is 0 Å². The molecule has 30 heavy (non-hydrogen) atoms. The fourth-order valence-electron chi connectivity index (χ4n) is 2.52. The summed E-state index contributed by atoms with van der Waals surface area (Å²) in [6.07, 6.45) is 1.65. The molecule has 2 rings (SSSR count). The number of rotatable bonds is 10. The van der Waals surface area contributed by atoms with Crippen molar-refractivity contribution in [3.63, 3.8) is 0 Å². The topological polar surface area (TPSA) is 88.7 Å². The number of thiocarbonyl (C=S) groups is 1. The van der Waals surface area contributed by atoms with Gasteiger partial charge in [-0.1, -0.05) is 13.0 Å². The van der Waals surface area contributed by atoms with E-state index in [1.54, 1.807) is 55.6 Å². The Morgan fingerprint density at radius 2 is 1.77 bits per heavy atom. The second kappa shape index (κ2) is 12.6. The van der Waals surface area contributed by atoms with Crippen molar-refractivity contribution in [2.45, 2.75) is 19.8 Å². The first-order chi connectivity index (χ1) is 14.5. The zero-order chi connectivity index (χ0) is 21.8. The molecule has 0 saturated heterocycles. The molecule has 0 spiro atoms. The van der Waals surface area contributed by atoms with Crippen LogP contribution >= 0.6 is 12.2 Å². The average Bonchev–Trinajstić information content (AvgIpc) is 2.75. The lowest BCUT2D eigenvalue weighted by Gasteiger charge is -2.11. The first kappa shape index (κ1) is 23.3. The van der Waals surface area contributed by atoms with Gasteiger partial charge in [0.2, 0.25) is 0 Å². The van der Waals surface area contributed by atoms with Crippen LogP contribution in [0, 0.1) is 0 Å². The van der Waals surface area contributed by atoms with Crippen LogP contribution in [0.2, 0.25) is 0 Å². The minimum atomic E-state index is -0.332. The lowest BCUT2D eigenvalue weighted by molar-refractivity contribution is 0.0946. The number of ether oxygens (including phenoxy) is 2. The molecule has 2 aromatic carbocycles. The maximum absolute atomic E-state index is 12.4. The summed E-state index contributed by atoms with van der Waals surface area (Å²) >= 11 is 5.22. The summed E-state index contributed by atoms with van der Waals surface area (Å²) in [6.45, 7) is 3.77. The molecule has 0 radical (unpaired) electrons. The van der Waals surface area contributed by atoms with Gasteiger partial charge in [-0.05, 0) is 67.5 Å². The third-order valence-electron chi connectivity index (χ3n) is 4.01. The van der Waals surface area contributed by atoms with Gasteiger partial charge in [0.15, 0.2) is 5.11 Å². The second-order valence-electron chi connectivity index (χ2n) is 6.46. The predicted octanol–water partition coefficient (Wildman–Crippen LogP) is 3.37. The number of carbonyl (C=O) groups excluding carboxylic acids is 2. The summed E-state index contributed by atoms with van der Waals surface area (Å²) < 4.78 is 10.5. The Labute approximate surface area is 182 Å². The molecule has 0 fully saturated rings. The molecular formula is C22H27N3O4S. The minimum absolute atomic E-state index is 0.143. The van der Waals surface area contributed by atoms with Crippen molar-refractivity contribution in [2.75, 3.05) is 32.2 Å². The van der Waals surface area contributed by atoms with Crippen LogP contribution in [0.5, 0.6) is 5.75 Å². The molecule has 2 aromatic rings. The molecule has 160 valence electrons. The summed E-state index contributed by atoms with van der Waals surface area (Å²) in [4.78, 5) is 24.6. The van der Waals surface area contributed by atoms with E-state index in [2.05, 4.69) is 16.0 Å². The summed E-state index contributed by atoms with van der Waals surface area (Å²) in [5, 5.41) is 8.53. The number of amides is 2. The molecule has 3 N–H and O–H groups in total. The van der Waals surface area contributed by atoms with E-state index >= 15 is 0 Å². The number of nitrogens with one attached hydrogen (secondary N) is 3. The highest BCUT2D eigenvalue weighted by molar-refractivity contribution is 7.80. The van der Waals surface area contributed by atoms with E-state index in [4.69, 9.17) is 21.7 Å². The summed E-state index contributed by atoms with van der Waals surface area (Å²) in [7, 11) is 1.62. The van der Waals surface area contributed by atoms with Crippen LogP contribution in [0.25, 0.3) is 0 Å². The highest BCUT2D eigenvalue weighted by Crippen LogP contribution is 2.13. The Hall–Kier alpha value is -2.97. The number of benzene rings is 2. The molecule has 2 amide bonds. The lowest BCUT2D eigenvalue weighted by Crippen LogP contribution is -2.34. The first-order valence-corrected chi connectivity index (χ1v) is 10.2. The van der Waals surface area contributed by atoms with Crippen LogP contribution in [0.1, 0.15) is 40.5 Å². The lowest BCUT2D eigenvalue weighted by atomic mass is 10.2. The van der Waals surface area contributed by atoms with Crippen LogP contribution in [0.15, 0.2) is 48.5 Å². The Morgan fingerprint density at radius 3 is 2.47 bits per heavy atom. The number of carbonyl (C=O) groups is 2. The number of anilines is 1. The van der Waals surface area contributed by atoms with Gasteiger partial charge in [-0.15, -0.1) is 0 Å². The van der Waals surface area contributed by atoms with Crippen LogP contribution in [0.4, 0.5) is 5.69 Å². The van der Waals surface area contributed by atoms with E-state index in [1.165, 1.54) is 0 Å². The Morgan fingerprint density at radius 1 is 1.00 bits per heavy atom. The van der Waals surface area contributed by atoms with Gasteiger partial charge < -0.3 is 20.1 Å². The maximum Gasteiger partial charge on any atom is 0.257 e. The van der Waals surface area contributed by atoms with Crippen molar-refractivity contribution in [3.8, 4) is 5.75 Å². The normalized spacial score (nSPS) is 10.2. The van der Waals surface area contributed by atoms with Gasteiger partial charge in [0, 0.05) is 37.1 Å². The van der Waals surface area contributed by atoms with Gasteiger partial charge in [0.25, 0.3) is 11.8 Å². The Bertz CT molecular complexity index is 856. The Balaban J connectivity index is 1.88. The third kappa shape index (κ3) is 7.81. The van der Waals surface area contributed by atoms with Crippen molar-refractivity contribution in [2.24, 2.45) is 0 Å². The number of hydrogen-bond acceptors (Lipinski definition) is 5. The van der Waals surface area contributed by atoms with Gasteiger partial charge in [-0.2, -0.15) is 0 Å². The SMILES string of the molecule is CCCOc1ccc(C(=O)NC(=S)Nc2cccc(C(=O)NCCCOC)c2)cc1. The van der Waals surface area contributed by atoms with E-state index in [-0.39, 0.29) is 16.9 Å². The smallest absolute Gasteiger partial charge is 0.257 e. The molecular weight excluding hydrogens is 402 g/mol. The van der Waals surface area contributed by atoms with Crippen molar-refractivity contribution < 1.29 is 19.1 Å². The van der Waals surface area contributed by atoms with Crippen molar-refractivity contribution in [3.05, 3.63) is 59.7 Å². The minimum Gasteiger partial charge on any atom is -0.494 e. The van der Waals surface area contributed by atoms with Crippen LogP contribution < -0.4 is 20.7 Å². The maximum atomic E-state index is 12.4. The van der Waals surface area contributed by atoms with Crippen molar-refractivity contribution in [1.82, 2.24) is 10.6 Å². The molecule has 0 aromatic heterocycles. The van der Waals surface area contributed by atoms with E-state index in [0.717, 1.165) is 12.8 Å². The summed E-state index contributed by atoms with van der Waals surface area (Å²) in [5.41, 5.74) is 1.56. The van der Waals surface area contributed by atoms with E-state index in [9.17, 15) is 9.59 Å². The van der Waals surface area contributed by atoms with E-state index < -0.39 is 0 Å². The first-order valence-electron chi connectivity index (χ1n) is 9.76. The van der Waals surface area contributed by atoms with Gasteiger partial charge in [-0.3, -0.25) is 14.9 Å². The van der Waals surface area contributed by atoms with Gasteiger partial charge >= 0.3 is 0 Å². The van der Waals surface area contributed by atoms with Gasteiger partial charge in [0.05, 0.1) is 6.61 Å². The van der Waals surface area contributed by atoms with Gasteiger partial charge in [-0.25, -0.2) is 0 Å². The highest BCUT2D eigenvalue weighted by Gasteiger charge is 2.10. The highest BCUT2D eigenvalue weighted by atomic mass is 32.1. The second-order valence-corrected chi connectivity index (χ2v) is 6.87. The fraction of sp³-hybridized carbons (Fsp3) is 0.318. The molecule has 0 atom stereocenters. The van der Waals surface area contributed by atoms with Crippen LogP contribution in [-0.4, -0.2) is 43.8 Å². The van der Waals surface area contributed by atoms with E-state index in [1.807, 2.05) is 6.92 Å². The summed E-state index contributed by atoms with van der Waals surface area (Å²) in [5.74, 6) is 0.197. The molecule has 0 aliphatic heterocycles. The van der Waals surface area contributed by atoms with E-state index in [0.29, 0.717) is 42.3 Å².